The van der Waals surface area contributed by atoms with Crippen LogP contribution in [-0.2, 0) is 4.74 Å². The zero-order chi connectivity index (χ0) is 13.4. The van der Waals surface area contributed by atoms with Crippen molar-refractivity contribution in [1.82, 2.24) is 0 Å². The number of ether oxygens (including phenoxy) is 2. The van der Waals surface area contributed by atoms with Crippen LogP contribution >= 0.6 is 0 Å². The van der Waals surface area contributed by atoms with Gasteiger partial charge in [0.15, 0.2) is 0 Å². The smallest absolute Gasteiger partial charge is 0.340 e. The first-order chi connectivity index (χ1) is 8.69. The van der Waals surface area contributed by atoms with E-state index in [0.717, 1.165) is 12.8 Å². The summed E-state index contributed by atoms with van der Waals surface area (Å²) in [6, 6.07) is 4.94. The van der Waals surface area contributed by atoms with Gasteiger partial charge < -0.3 is 15.2 Å². The molecule has 100 valence electrons. The van der Waals surface area contributed by atoms with Crippen LogP contribution in [0.15, 0.2) is 18.2 Å². The van der Waals surface area contributed by atoms with Crippen molar-refractivity contribution in [2.45, 2.75) is 32.6 Å². The van der Waals surface area contributed by atoms with Crippen molar-refractivity contribution >= 4 is 11.7 Å². The average Bonchev–Trinajstić information content (AvgIpc) is 2.38. The Balaban J connectivity index is 2.46. The van der Waals surface area contributed by atoms with E-state index in [0.29, 0.717) is 23.6 Å². The van der Waals surface area contributed by atoms with Gasteiger partial charge in [-0.25, -0.2) is 4.79 Å². The van der Waals surface area contributed by atoms with E-state index in [1.807, 2.05) is 0 Å². The van der Waals surface area contributed by atoms with E-state index < -0.39 is 0 Å². The highest BCUT2D eigenvalue weighted by molar-refractivity contribution is 5.95. The molecule has 0 saturated carbocycles. The molecule has 0 unspecified atom stereocenters. The molecule has 0 amide bonds. The van der Waals surface area contributed by atoms with Crippen LogP contribution in [-0.4, -0.2) is 19.7 Å². The summed E-state index contributed by atoms with van der Waals surface area (Å²) in [4.78, 5) is 11.8. The first-order valence-electron chi connectivity index (χ1n) is 6.29. The minimum atomic E-state index is -0.369. The highest BCUT2D eigenvalue weighted by Crippen LogP contribution is 2.20. The number of rotatable bonds is 7. The second kappa shape index (κ2) is 7.58. The predicted molar refractivity (Wildman–Crippen MR) is 71.8 cm³/mol. The van der Waals surface area contributed by atoms with Crippen LogP contribution in [0.5, 0.6) is 5.75 Å². The molecule has 0 atom stereocenters. The van der Waals surface area contributed by atoms with Crippen molar-refractivity contribution in [3.8, 4) is 5.75 Å². The number of benzene rings is 1. The Morgan fingerprint density at radius 3 is 2.67 bits per heavy atom. The Labute approximate surface area is 108 Å². The van der Waals surface area contributed by atoms with Gasteiger partial charge in [-0.3, -0.25) is 0 Å². The van der Waals surface area contributed by atoms with Crippen LogP contribution in [0.3, 0.4) is 0 Å². The van der Waals surface area contributed by atoms with E-state index in [1.54, 1.807) is 25.3 Å². The van der Waals surface area contributed by atoms with Crippen molar-refractivity contribution in [2.75, 3.05) is 19.5 Å². The SMILES string of the molecule is CCCCCCOC(=O)c1ccc(OC)cc1N. The normalized spacial score (nSPS) is 10.1. The fraction of sp³-hybridized carbons (Fsp3) is 0.500. The zero-order valence-corrected chi connectivity index (χ0v) is 11.1. The van der Waals surface area contributed by atoms with Gasteiger partial charge in [0.2, 0.25) is 0 Å². The number of nitrogens with two attached hydrogens (primary N) is 1. The number of carbonyl (C=O) groups excluding carboxylic acids is 1. The van der Waals surface area contributed by atoms with Gasteiger partial charge in [0.1, 0.15) is 5.75 Å². The summed E-state index contributed by atoms with van der Waals surface area (Å²) in [7, 11) is 1.56. The maximum absolute atomic E-state index is 11.8. The zero-order valence-electron chi connectivity index (χ0n) is 11.1. The molecule has 1 aromatic carbocycles. The van der Waals surface area contributed by atoms with Gasteiger partial charge in [-0.15, -0.1) is 0 Å². The number of unbranched alkanes of at least 4 members (excludes halogenated alkanes) is 3. The van der Waals surface area contributed by atoms with Crippen LogP contribution in [0.1, 0.15) is 43.0 Å². The third-order valence-corrected chi connectivity index (χ3v) is 2.71. The van der Waals surface area contributed by atoms with Gasteiger partial charge in [-0.1, -0.05) is 26.2 Å². The number of anilines is 1. The van der Waals surface area contributed by atoms with Crippen molar-refractivity contribution in [3.05, 3.63) is 23.8 Å². The van der Waals surface area contributed by atoms with Crippen LogP contribution in [0, 0.1) is 0 Å². The van der Waals surface area contributed by atoms with Crippen molar-refractivity contribution in [1.29, 1.82) is 0 Å². The molecule has 0 spiro atoms. The van der Waals surface area contributed by atoms with E-state index in [2.05, 4.69) is 6.92 Å². The maximum atomic E-state index is 11.8. The van der Waals surface area contributed by atoms with Crippen molar-refractivity contribution in [2.24, 2.45) is 0 Å². The summed E-state index contributed by atoms with van der Waals surface area (Å²) in [6.07, 6.45) is 4.32. The number of esters is 1. The van der Waals surface area contributed by atoms with E-state index in [4.69, 9.17) is 15.2 Å². The lowest BCUT2D eigenvalue weighted by Gasteiger charge is -2.08. The molecule has 0 aromatic heterocycles. The fourth-order valence-corrected chi connectivity index (χ4v) is 1.63. The van der Waals surface area contributed by atoms with Crippen molar-refractivity contribution in [3.63, 3.8) is 0 Å². The van der Waals surface area contributed by atoms with Crippen LogP contribution in [0.4, 0.5) is 5.69 Å². The summed E-state index contributed by atoms with van der Waals surface area (Å²) in [5.41, 5.74) is 6.55. The Bertz CT molecular complexity index is 391. The van der Waals surface area contributed by atoms with E-state index in [-0.39, 0.29) is 5.97 Å². The minimum Gasteiger partial charge on any atom is -0.497 e. The van der Waals surface area contributed by atoms with Crippen LogP contribution in [0.25, 0.3) is 0 Å². The quantitative estimate of drug-likeness (QED) is 0.459. The second-order valence-electron chi connectivity index (χ2n) is 4.15. The van der Waals surface area contributed by atoms with Crippen LogP contribution in [0.2, 0.25) is 0 Å². The molecular weight excluding hydrogens is 230 g/mol. The predicted octanol–water partition coefficient (Wildman–Crippen LogP) is 3.01. The summed E-state index contributed by atoms with van der Waals surface area (Å²) in [5, 5.41) is 0. The second-order valence-corrected chi connectivity index (χ2v) is 4.15. The Kier molecular flexibility index (Phi) is 6.05. The number of methoxy groups -OCH3 is 1. The molecule has 0 saturated heterocycles. The first kappa shape index (κ1) is 14.4. The summed E-state index contributed by atoms with van der Waals surface area (Å²) < 4.78 is 10.2. The monoisotopic (exact) mass is 251 g/mol. The highest BCUT2D eigenvalue weighted by Gasteiger charge is 2.11. The number of hydrogen-bond donors (Lipinski definition) is 1. The molecule has 0 heterocycles. The summed E-state index contributed by atoms with van der Waals surface area (Å²) in [5.74, 6) is 0.263. The molecule has 1 rings (SSSR count). The van der Waals surface area contributed by atoms with E-state index in [9.17, 15) is 4.79 Å². The minimum absolute atomic E-state index is 0.369. The molecular formula is C14H21NO3. The Morgan fingerprint density at radius 1 is 1.28 bits per heavy atom. The molecule has 0 bridgehead atoms. The Morgan fingerprint density at radius 2 is 2.06 bits per heavy atom. The molecule has 0 radical (unpaired) electrons. The number of hydrogen-bond acceptors (Lipinski definition) is 4. The van der Waals surface area contributed by atoms with Crippen LogP contribution < -0.4 is 10.5 Å². The van der Waals surface area contributed by atoms with E-state index >= 15 is 0 Å². The molecule has 0 aliphatic heterocycles. The molecule has 0 aliphatic carbocycles. The lowest BCUT2D eigenvalue weighted by Crippen LogP contribution is -2.09. The topological polar surface area (TPSA) is 61.5 Å². The molecule has 4 heteroatoms. The number of carbonyl (C=O) groups is 1. The lowest BCUT2D eigenvalue weighted by molar-refractivity contribution is 0.0499. The molecule has 0 fully saturated rings. The standard InChI is InChI=1S/C14H21NO3/c1-3-4-5-6-9-18-14(16)12-8-7-11(17-2)10-13(12)15/h7-8,10H,3-6,9,15H2,1-2H3. The molecule has 4 nitrogen and oxygen atoms in total. The van der Waals surface area contributed by atoms with Gasteiger partial charge in [-0.2, -0.15) is 0 Å². The van der Waals surface area contributed by atoms with Gasteiger partial charge in [-0.05, 0) is 18.6 Å². The van der Waals surface area contributed by atoms with Gasteiger partial charge in [0.25, 0.3) is 0 Å². The first-order valence-corrected chi connectivity index (χ1v) is 6.29. The average molecular weight is 251 g/mol. The number of nitrogen functional groups attached to an aromatic ring is 1. The van der Waals surface area contributed by atoms with Gasteiger partial charge in [0, 0.05) is 11.8 Å². The van der Waals surface area contributed by atoms with Gasteiger partial charge >= 0.3 is 5.97 Å². The summed E-state index contributed by atoms with van der Waals surface area (Å²) >= 11 is 0. The lowest BCUT2D eigenvalue weighted by atomic mass is 10.1. The molecule has 2 N–H and O–H groups in total. The highest BCUT2D eigenvalue weighted by atomic mass is 16.5. The third-order valence-electron chi connectivity index (χ3n) is 2.71. The Hall–Kier alpha value is -1.71. The molecule has 0 aliphatic rings. The molecule has 18 heavy (non-hydrogen) atoms. The van der Waals surface area contributed by atoms with Crippen molar-refractivity contribution < 1.29 is 14.3 Å². The van der Waals surface area contributed by atoms with E-state index in [1.165, 1.54) is 12.8 Å². The fourth-order valence-electron chi connectivity index (χ4n) is 1.63. The van der Waals surface area contributed by atoms with Gasteiger partial charge in [0.05, 0.1) is 19.3 Å². The molecule has 1 aromatic rings. The summed E-state index contributed by atoms with van der Waals surface area (Å²) in [6.45, 7) is 2.59. The third kappa shape index (κ3) is 4.28. The maximum Gasteiger partial charge on any atom is 0.340 e. The largest absolute Gasteiger partial charge is 0.497 e.